The summed E-state index contributed by atoms with van der Waals surface area (Å²) in [4.78, 5) is 13.2. The average Bonchev–Trinajstić information content (AvgIpc) is 2.37. The summed E-state index contributed by atoms with van der Waals surface area (Å²) >= 11 is 0. The molecule has 0 unspecified atom stereocenters. The lowest BCUT2D eigenvalue weighted by Crippen LogP contribution is -2.34. The third kappa shape index (κ3) is 5.28. The second-order valence-corrected chi connectivity index (χ2v) is 4.90. The number of allylic oxidation sites excluding steroid dienone is 1. The van der Waals surface area contributed by atoms with Gasteiger partial charge in [0, 0.05) is 13.1 Å². The Balaban J connectivity index is 2.61. The van der Waals surface area contributed by atoms with Crippen LogP contribution in [0.4, 0.5) is 0 Å². The minimum Gasteiger partial charge on any atom is -0.302 e. The van der Waals surface area contributed by atoms with E-state index in [-0.39, 0.29) is 6.04 Å². The minimum absolute atomic E-state index is 0.0317. The maximum absolute atomic E-state index is 11.0. The molecule has 2 heteroatoms. The van der Waals surface area contributed by atoms with Crippen molar-refractivity contribution in [2.45, 2.75) is 39.8 Å². The Labute approximate surface area is 110 Å². The first-order valence-electron chi connectivity index (χ1n) is 6.50. The van der Waals surface area contributed by atoms with Crippen molar-refractivity contribution in [1.29, 1.82) is 0 Å². The van der Waals surface area contributed by atoms with E-state index in [4.69, 9.17) is 0 Å². The third-order valence-corrected chi connectivity index (χ3v) is 2.97. The zero-order chi connectivity index (χ0) is 13.4. The SMILES string of the molecule is CC(C)=CCCN(Cc1ccccc1)[C@@H](C)C=O. The molecule has 0 amide bonds. The Bertz CT molecular complexity index is 379. The van der Waals surface area contributed by atoms with E-state index in [1.165, 1.54) is 11.1 Å². The van der Waals surface area contributed by atoms with E-state index in [1.54, 1.807) is 0 Å². The molecular formula is C16H23NO. The van der Waals surface area contributed by atoms with Crippen molar-refractivity contribution < 1.29 is 4.79 Å². The zero-order valence-corrected chi connectivity index (χ0v) is 11.6. The van der Waals surface area contributed by atoms with Gasteiger partial charge in [0.2, 0.25) is 0 Å². The summed E-state index contributed by atoms with van der Waals surface area (Å²) in [5, 5.41) is 0. The van der Waals surface area contributed by atoms with Gasteiger partial charge >= 0.3 is 0 Å². The van der Waals surface area contributed by atoms with Crippen molar-refractivity contribution in [3.05, 3.63) is 47.5 Å². The molecule has 0 saturated heterocycles. The predicted octanol–water partition coefficient (Wildman–Crippen LogP) is 3.43. The van der Waals surface area contributed by atoms with Crippen LogP contribution in [0.15, 0.2) is 42.0 Å². The summed E-state index contributed by atoms with van der Waals surface area (Å²) < 4.78 is 0. The highest BCUT2D eigenvalue weighted by Crippen LogP contribution is 2.08. The average molecular weight is 245 g/mol. The number of nitrogens with zero attached hydrogens (tertiary/aromatic N) is 1. The van der Waals surface area contributed by atoms with Crippen molar-refractivity contribution in [1.82, 2.24) is 4.90 Å². The van der Waals surface area contributed by atoms with Gasteiger partial charge in [0.25, 0.3) is 0 Å². The lowest BCUT2D eigenvalue weighted by Gasteiger charge is -2.25. The number of carbonyl (C=O) groups excluding carboxylic acids is 1. The van der Waals surface area contributed by atoms with Gasteiger partial charge < -0.3 is 4.79 Å². The monoisotopic (exact) mass is 245 g/mol. The molecule has 0 fully saturated rings. The third-order valence-electron chi connectivity index (χ3n) is 2.97. The highest BCUT2D eigenvalue weighted by atomic mass is 16.1. The molecule has 0 aromatic heterocycles. The van der Waals surface area contributed by atoms with Crippen molar-refractivity contribution in [2.75, 3.05) is 6.54 Å². The van der Waals surface area contributed by atoms with E-state index >= 15 is 0 Å². The first kappa shape index (κ1) is 14.7. The summed E-state index contributed by atoms with van der Waals surface area (Å²) in [5.74, 6) is 0. The standard InChI is InChI=1S/C16H23NO/c1-14(2)8-7-11-17(15(3)13-18)12-16-9-5-4-6-10-16/h4-6,8-10,13,15H,7,11-12H2,1-3H3/t15-/m0/s1. The molecule has 0 heterocycles. The molecular weight excluding hydrogens is 222 g/mol. The van der Waals surface area contributed by atoms with Gasteiger partial charge in [-0.1, -0.05) is 42.0 Å². The Kier molecular flexibility index (Phi) is 6.37. The van der Waals surface area contributed by atoms with Gasteiger partial charge in [0.1, 0.15) is 6.29 Å². The van der Waals surface area contributed by atoms with Crippen LogP contribution in [-0.2, 0) is 11.3 Å². The second kappa shape index (κ2) is 7.83. The summed E-state index contributed by atoms with van der Waals surface area (Å²) in [7, 11) is 0. The number of carbonyl (C=O) groups is 1. The molecule has 0 bridgehead atoms. The molecule has 0 aliphatic rings. The largest absolute Gasteiger partial charge is 0.302 e. The van der Waals surface area contributed by atoms with Crippen LogP contribution in [0.3, 0.4) is 0 Å². The molecule has 0 aliphatic carbocycles. The van der Waals surface area contributed by atoms with Crippen LogP contribution in [0.5, 0.6) is 0 Å². The molecule has 1 aromatic rings. The zero-order valence-electron chi connectivity index (χ0n) is 11.6. The van der Waals surface area contributed by atoms with E-state index in [2.05, 4.69) is 37.0 Å². The van der Waals surface area contributed by atoms with Gasteiger partial charge in [-0.3, -0.25) is 4.90 Å². The fourth-order valence-corrected chi connectivity index (χ4v) is 1.85. The van der Waals surface area contributed by atoms with Crippen LogP contribution in [0.25, 0.3) is 0 Å². The molecule has 1 aromatic carbocycles. The van der Waals surface area contributed by atoms with Gasteiger partial charge in [-0.05, 0) is 32.8 Å². The topological polar surface area (TPSA) is 20.3 Å². The molecule has 18 heavy (non-hydrogen) atoms. The molecule has 0 spiro atoms. The first-order valence-corrected chi connectivity index (χ1v) is 6.50. The fourth-order valence-electron chi connectivity index (χ4n) is 1.85. The Morgan fingerprint density at radius 1 is 1.28 bits per heavy atom. The van der Waals surface area contributed by atoms with E-state index in [0.717, 1.165) is 25.8 Å². The van der Waals surface area contributed by atoms with Gasteiger partial charge in [-0.15, -0.1) is 0 Å². The van der Waals surface area contributed by atoms with Crippen LogP contribution in [0, 0.1) is 0 Å². The normalized spacial score (nSPS) is 12.2. The fraction of sp³-hybridized carbons (Fsp3) is 0.438. The first-order chi connectivity index (χ1) is 8.63. The van der Waals surface area contributed by atoms with Crippen LogP contribution in [0.2, 0.25) is 0 Å². The Morgan fingerprint density at radius 2 is 1.94 bits per heavy atom. The number of hydrogen-bond acceptors (Lipinski definition) is 2. The van der Waals surface area contributed by atoms with E-state index in [1.807, 2.05) is 25.1 Å². The maximum Gasteiger partial charge on any atom is 0.136 e. The predicted molar refractivity (Wildman–Crippen MR) is 76.4 cm³/mol. The smallest absolute Gasteiger partial charge is 0.136 e. The summed E-state index contributed by atoms with van der Waals surface area (Å²) in [6.07, 6.45) is 4.23. The van der Waals surface area contributed by atoms with Gasteiger partial charge in [-0.2, -0.15) is 0 Å². The summed E-state index contributed by atoms with van der Waals surface area (Å²) in [6, 6.07) is 10.3. The van der Waals surface area contributed by atoms with Crippen molar-refractivity contribution in [3.8, 4) is 0 Å². The lowest BCUT2D eigenvalue weighted by molar-refractivity contribution is -0.112. The number of benzene rings is 1. The number of aldehydes is 1. The maximum atomic E-state index is 11.0. The summed E-state index contributed by atoms with van der Waals surface area (Å²) in [5.41, 5.74) is 2.58. The van der Waals surface area contributed by atoms with Crippen LogP contribution < -0.4 is 0 Å². The van der Waals surface area contributed by atoms with Crippen molar-refractivity contribution in [3.63, 3.8) is 0 Å². The molecule has 0 radical (unpaired) electrons. The number of rotatable bonds is 7. The molecule has 98 valence electrons. The Hall–Kier alpha value is -1.41. The molecule has 2 nitrogen and oxygen atoms in total. The van der Waals surface area contributed by atoms with E-state index in [9.17, 15) is 4.79 Å². The molecule has 0 saturated carbocycles. The van der Waals surface area contributed by atoms with Crippen LogP contribution in [-0.4, -0.2) is 23.8 Å². The highest BCUT2D eigenvalue weighted by Gasteiger charge is 2.12. The molecule has 1 atom stereocenters. The van der Waals surface area contributed by atoms with Gasteiger partial charge in [-0.25, -0.2) is 0 Å². The second-order valence-electron chi connectivity index (χ2n) is 4.90. The minimum atomic E-state index is -0.0317. The number of hydrogen-bond donors (Lipinski definition) is 0. The quantitative estimate of drug-likeness (QED) is 0.542. The van der Waals surface area contributed by atoms with E-state index < -0.39 is 0 Å². The van der Waals surface area contributed by atoms with E-state index in [0.29, 0.717) is 0 Å². The Morgan fingerprint density at radius 3 is 2.50 bits per heavy atom. The van der Waals surface area contributed by atoms with Crippen molar-refractivity contribution >= 4 is 6.29 Å². The van der Waals surface area contributed by atoms with Crippen molar-refractivity contribution in [2.24, 2.45) is 0 Å². The highest BCUT2D eigenvalue weighted by molar-refractivity contribution is 5.56. The molecule has 0 N–H and O–H groups in total. The molecule has 0 aliphatic heterocycles. The van der Waals surface area contributed by atoms with Gasteiger partial charge in [0.05, 0.1) is 6.04 Å². The van der Waals surface area contributed by atoms with Gasteiger partial charge in [0.15, 0.2) is 0 Å². The molecule has 1 rings (SSSR count). The van der Waals surface area contributed by atoms with Crippen LogP contribution in [0.1, 0.15) is 32.8 Å². The van der Waals surface area contributed by atoms with Crippen LogP contribution >= 0.6 is 0 Å². The summed E-state index contributed by atoms with van der Waals surface area (Å²) in [6.45, 7) is 7.91. The lowest BCUT2D eigenvalue weighted by atomic mass is 10.1.